The van der Waals surface area contributed by atoms with Gasteiger partial charge >= 0.3 is 0 Å². The third kappa shape index (κ3) is 3.65. The molecule has 1 atom stereocenters. The fourth-order valence-corrected chi connectivity index (χ4v) is 2.50. The summed E-state index contributed by atoms with van der Waals surface area (Å²) in [5, 5.41) is 17.1. The molecule has 0 bridgehead atoms. The SMILES string of the molecule is CC[C@H](NC(=O)c1cnc(-n2cc(C)cn2)nc1O)c1ccccc1. The number of carbonyl (C=O) groups is 1. The first-order chi connectivity index (χ1) is 12.1. The van der Waals surface area contributed by atoms with Crippen LogP contribution in [0.15, 0.2) is 48.9 Å². The molecule has 3 rings (SSSR count). The number of nitrogens with zero attached hydrogens (tertiary/aromatic N) is 4. The average molecular weight is 337 g/mol. The zero-order valence-corrected chi connectivity index (χ0v) is 14.0. The molecule has 3 aromatic rings. The van der Waals surface area contributed by atoms with Gasteiger partial charge in [0.2, 0.25) is 5.88 Å². The molecule has 2 heterocycles. The highest BCUT2D eigenvalue weighted by Gasteiger charge is 2.19. The zero-order chi connectivity index (χ0) is 17.8. The van der Waals surface area contributed by atoms with E-state index < -0.39 is 5.91 Å². The van der Waals surface area contributed by atoms with Crippen molar-refractivity contribution in [2.24, 2.45) is 0 Å². The van der Waals surface area contributed by atoms with Crippen LogP contribution in [0.3, 0.4) is 0 Å². The molecule has 0 unspecified atom stereocenters. The lowest BCUT2D eigenvalue weighted by Gasteiger charge is -2.17. The van der Waals surface area contributed by atoms with Crippen LogP contribution in [0.5, 0.6) is 5.88 Å². The first-order valence-corrected chi connectivity index (χ1v) is 8.02. The van der Waals surface area contributed by atoms with E-state index in [0.717, 1.165) is 17.5 Å². The van der Waals surface area contributed by atoms with Gasteiger partial charge in [0.15, 0.2) is 0 Å². The smallest absolute Gasteiger partial charge is 0.258 e. The molecule has 0 spiro atoms. The van der Waals surface area contributed by atoms with Crippen LogP contribution in [0.2, 0.25) is 0 Å². The van der Waals surface area contributed by atoms with Crippen molar-refractivity contribution in [3.8, 4) is 11.8 Å². The second kappa shape index (κ2) is 7.12. The zero-order valence-electron chi connectivity index (χ0n) is 14.0. The molecular weight excluding hydrogens is 318 g/mol. The predicted octanol–water partition coefficient (Wildman–Crippen LogP) is 2.56. The second-order valence-corrected chi connectivity index (χ2v) is 5.71. The highest BCUT2D eigenvalue weighted by molar-refractivity contribution is 5.96. The summed E-state index contributed by atoms with van der Waals surface area (Å²) >= 11 is 0. The van der Waals surface area contributed by atoms with E-state index >= 15 is 0 Å². The van der Waals surface area contributed by atoms with Gasteiger partial charge in [-0.1, -0.05) is 37.3 Å². The molecule has 0 aliphatic carbocycles. The summed E-state index contributed by atoms with van der Waals surface area (Å²) in [6.45, 7) is 3.87. The Balaban J connectivity index is 1.80. The van der Waals surface area contributed by atoms with E-state index in [0.29, 0.717) is 0 Å². The van der Waals surface area contributed by atoms with Gasteiger partial charge in [-0.2, -0.15) is 10.1 Å². The van der Waals surface area contributed by atoms with Crippen molar-refractivity contribution in [1.29, 1.82) is 0 Å². The third-order valence-corrected chi connectivity index (χ3v) is 3.83. The number of nitrogens with one attached hydrogen (secondary N) is 1. The molecule has 25 heavy (non-hydrogen) atoms. The van der Waals surface area contributed by atoms with E-state index in [-0.39, 0.29) is 23.4 Å². The first-order valence-electron chi connectivity index (χ1n) is 8.02. The minimum Gasteiger partial charge on any atom is -0.493 e. The van der Waals surface area contributed by atoms with Crippen molar-refractivity contribution in [3.63, 3.8) is 0 Å². The molecule has 2 N–H and O–H groups in total. The number of aromatic hydroxyl groups is 1. The molecule has 0 aliphatic heterocycles. The van der Waals surface area contributed by atoms with Crippen LogP contribution in [-0.4, -0.2) is 30.8 Å². The Morgan fingerprint density at radius 1 is 1.28 bits per heavy atom. The fraction of sp³-hybridized carbons (Fsp3) is 0.222. The molecule has 1 aromatic carbocycles. The van der Waals surface area contributed by atoms with Gasteiger partial charge < -0.3 is 10.4 Å². The largest absolute Gasteiger partial charge is 0.493 e. The Hall–Kier alpha value is -3.22. The van der Waals surface area contributed by atoms with Crippen molar-refractivity contribution in [2.75, 3.05) is 0 Å². The van der Waals surface area contributed by atoms with Crippen molar-refractivity contribution in [2.45, 2.75) is 26.3 Å². The van der Waals surface area contributed by atoms with Crippen molar-refractivity contribution in [1.82, 2.24) is 25.1 Å². The number of rotatable bonds is 5. The maximum Gasteiger partial charge on any atom is 0.258 e. The molecule has 0 fully saturated rings. The highest BCUT2D eigenvalue weighted by Crippen LogP contribution is 2.19. The Labute approximate surface area is 145 Å². The van der Waals surface area contributed by atoms with E-state index in [1.807, 2.05) is 44.2 Å². The summed E-state index contributed by atoms with van der Waals surface area (Å²) in [4.78, 5) is 20.6. The summed E-state index contributed by atoms with van der Waals surface area (Å²) in [5.41, 5.74) is 1.97. The Morgan fingerprint density at radius 2 is 2.04 bits per heavy atom. The molecule has 128 valence electrons. The monoisotopic (exact) mass is 337 g/mol. The predicted molar refractivity (Wildman–Crippen MR) is 92.5 cm³/mol. The third-order valence-electron chi connectivity index (χ3n) is 3.83. The number of carbonyl (C=O) groups excluding carboxylic acids is 1. The van der Waals surface area contributed by atoms with Gasteiger partial charge in [-0.15, -0.1) is 0 Å². The van der Waals surface area contributed by atoms with E-state index in [4.69, 9.17) is 0 Å². The van der Waals surface area contributed by atoms with Gasteiger partial charge in [-0.25, -0.2) is 9.67 Å². The lowest BCUT2D eigenvalue weighted by molar-refractivity contribution is 0.0931. The molecule has 1 amide bonds. The number of aromatic nitrogens is 4. The molecule has 0 saturated heterocycles. The number of aryl methyl sites for hydroxylation is 1. The average Bonchev–Trinajstić information content (AvgIpc) is 3.06. The van der Waals surface area contributed by atoms with Gasteiger partial charge in [0.1, 0.15) is 5.56 Å². The van der Waals surface area contributed by atoms with Crippen molar-refractivity contribution in [3.05, 3.63) is 65.6 Å². The number of hydrogen-bond donors (Lipinski definition) is 2. The molecule has 0 aliphatic rings. The minimum atomic E-state index is -0.420. The Kier molecular flexibility index (Phi) is 4.74. The lowest BCUT2D eigenvalue weighted by Crippen LogP contribution is -2.28. The minimum absolute atomic E-state index is 0.0296. The van der Waals surface area contributed by atoms with Gasteiger partial charge in [-0.05, 0) is 24.5 Å². The summed E-state index contributed by atoms with van der Waals surface area (Å²) in [6.07, 6.45) is 5.42. The lowest BCUT2D eigenvalue weighted by atomic mass is 10.0. The second-order valence-electron chi connectivity index (χ2n) is 5.71. The molecule has 7 nitrogen and oxygen atoms in total. The normalized spacial score (nSPS) is 11.9. The highest BCUT2D eigenvalue weighted by atomic mass is 16.3. The number of hydrogen-bond acceptors (Lipinski definition) is 5. The first kappa shape index (κ1) is 16.6. The van der Waals surface area contributed by atoms with E-state index in [1.165, 1.54) is 10.9 Å². The fourth-order valence-electron chi connectivity index (χ4n) is 2.50. The molecule has 7 heteroatoms. The van der Waals surface area contributed by atoms with Crippen LogP contribution in [0.25, 0.3) is 5.95 Å². The maximum atomic E-state index is 12.5. The van der Waals surface area contributed by atoms with Gasteiger partial charge in [0.05, 0.1) is 12.2 Å². The topological polar surface area (TPSA) is 92.9 Å². The number of benzene rings is 1. The van der Waals surface area contributed by atoms with E-state index in [2.05, 4.69) is 20.4 Å². The van der Waals surface area contributed by atoms with Crippen LogP contribution >= 0.6 is 0 Å². The van der Waals surface area contributed by atoms with Crippen molar-refractivity contribution >= 4 is 5.91 Å². The van der Waals surface area contributed by atoms with E-state index in [1.54, 1.807) is 12.4 Å². The Morgan fingerprint density at radius 3 is 2.64 bits per heavy atom. The maximum absolute atomic E-state index is 12.5. The van der Waals surface area contributed by atoms with Crippen molar-refractivity contribution < 1.29 is 9.90 Å². The summed E-state index contributed by atoms with van der Waals surface area (Å²) in [5.74, 6) is -0.591. The van der Waals surface area contributed by atoms with Gasteiger partial charge in [0.25, 0.3) is 11.9 Å². The van der Waals surface area contributed by atoms with Crippen LogP contribution < -0.4 is 5.32 Å². The number of amides is 1. The molecule has 0 radical (unpaired) electrons. The van der Waals surface area contributed by atoms with Crippen LogP contribution in [0.4, 0.5) is 0 Å². The Bertz CT molecular complexity index is 876. The van der Waals surface area contributed by atoms with Gasteiger partial charge in [0, 0.05) is 12.4 Å². The van der Waals surface area contributed by atoms with Gasteiger partial charge in [-0.3, -0.25) is 4.79 Å². The quantitative estimate of drug-likeness (QED) is 0.746. The standard InChI is InChI=1S/C18H19N5O2/c1-3-15(13-7-5-4-6-8-13)21-16(24)14-10-19-18(22-17(14)25)23-11-12(2)9-20-23/h4-11,15H,3H2,1-2H3,(H,21,24)(H,19,22,25)/t15-/m0/s1. The van der Waals surface area contributed by atoms with Crippen LogP contribution in [0, 0.1) is 6.92 Å². The van der Waals surface area contributed by atoms with Crippen LogP contribution in [-0.2, 0) is 0 Å². The van der Waals surface area contributed by atoms with Crippen LogP contribution in [0.1, 0.15) is 40.9 Å². The molecule has 0 saturated carbocycles. The molecule has 2 aromatic heterocycles. The van der Waals surface area contributed by atoms with E-state index in [9.17, 15) is 9.90 Å². The summed E-state index contributed by atoms with van der Waals surface area (Å²) in [6, 6.07) is 9.52. The molecular formula is C18H19N5O2. The summed E-state index contributed by atoms with van der Waals surface area (Å²) in [7, 11) is 0. The summed E-state index contributed by atoms with van der Waals surface area (Å²) < 4.78 is 1.44.